The van der Waals surface area contributed by atoms with Gasteiger partial charge in [-0.1, -0.05) is 42.2 Å². The van der Waals surface area contributed by atoms with E-state index in [1.165, 1.54) is 16.2 Å². The lowest BCUT2D eigenvalue weighted by atomic mass is 9.94. The number of carbonyl (C=O) groups excluding carboxylic acids is 2. The fraction of sp³-hybridized carbons (Fsp3) is 0.235. The Balaban J connectivity index is 0.000000906. The standard InChI is InChI=1S/C32H28N2O5S.C2H4O2/c1-5-11-38-23-8-6-7-20(16-23)28-26(29(35)21-9-10-24-22(15-21)14-19(4)39-24)30(36)31(37)34(28)32-33-27-18(3)12-17(2)13-25(27)40-32;1-2(3)4/h5-10,12-13,15-16,19,28,35H,1,11,14H2,2-4H3;1H3,(H,3,4)/b29-26+;. The first kappa shape index (κ1) is 30.5. The monoisotopic (exact) mass is 612 g/mol. The van der Waals surface area contributed by atoms with Crippen LogP contribution in [0.3, 0.4) is 0 Å². The van der Waals surface area contributed by atoms with Crippen molar-refractivity contribution in [3.63, 3.8) is 0 Å². The first-order chi connectivity index (χ1) is 21.0. The number of carboxylic acid groups (broad SMARTS) is 1. The summed E-state index contributed by atoms with van der Waals surface area (Å²) < 4.78 is 12.5. The largest absolute Gasteiger partial charge is 0.507 e. The summed E-state index contributed by atoms with van der Waals surface area (Å²) in [5, 5.41) is 19.4. The lowest BCUT2D eigenvalue weighted by Gasteiger charge is -2.23. The third-order valence-electron chi connectivity index (χ3n) is 7.18. The fourth-order valence-electron chi connectivity index (χ4n) is 5.46. The smallest absolute Gasteiger partial charge is 0.301 e. The van der Waals surface area contributed by atoms with Crippen LogP contribution in [0, 0.1) is 13.8 Å². The van der Waals surface area contributed by atoms with Crippen molar-refractivity contribution in [2.45, 2.75) is 46.3 Å². The molecule has 0 bridgehead atoms. The lowest BCUT2D eigenvalue weighted by Crippen LogP contribution is -2.29. The molecule has 226 valence electrons. The number of aromatic nitrogens is 1. The number of anilines is 1. The summed E-state index contributed by atoms with van der Waals surface area (Å²) in [6.45, 7) is 11.0. The lowest BCUT2D eigenvalue weighted by molar-refractivity contribution is -0.134. The SMILES string of the molecule is C=CCOc1cccc(C2/C(=C(\O)c3ccc4c(c3)CC(C)O4)C(=O)C(=O)N2c2nc3c(C)cc(C)cc3s2)c1.CC(=O)O. The Hall–Kier alpha value is -4.96. The minimum Gasteiger partial charge on any atom is -0.507 e. The first-order valence-electron chi connectivity index (χ1n) is 14.0. The number of aliphatic hydroxyl groups is 1. The molecule has 2 aliphatic heterocycles. The molecule has 2 N–H and O–H groups in total. The highest BCUT2D eigenvalue weighted by molar-refractivity contribution is 7.22. The van der Waals surface area contributed by atoms with Crippen LogP contribution < -0.4 is 14.4 Å². The second kappa shape index (κ2) is 12.3. The zero-order chi connectivity index (χ0) is 31.7. The van der Waals surface area contributed by atoms with Crippen LogP contribution in [0.25, 0.3) is 16.0 Å². The first-order valence-corrected chi connectivity index (χ1v) is 14.8. The average molecular weight is 613 g/mol. The third kappa shape index (κ3) is 5.93. The van der Waals surface area contributed by atoms with Crippen LogP contribution in [0.2, 0.25) is 0 Å². The Labute approximate surface area is 258 Å². The highest BCUT2D eigenvalue weighted by Gasteiger charge is 2.48. The van der Waals surface area contributed by atoms with Crippen molar-refractivity contribution in [3.8, 4) is 11.5 Å². The number of hydrogen-bond acceptors (Lipinski definition) is 8. The van der Waals surface area contributed by atoms with E-state index in [0.717, 1.165) is 39.6 Å². The number of aliphatic carboxylic acids is 1. The van der Waals surface area contributed by atoms with Gasteiger partial charge in [-0.05, 0) is 79.4 Å². The molecular weight excluding hydrogens is 580 g/mol. The molecule has 9 nitrogen and oxygen atoms in total. The average Bonchev–Trinajstić information content (AvgIpc) is 3.63. The van der Waals surface area contributed by atoms with E-state index in [1.54, 1.807) is 36.4 Å². The van der Waals surface area contributed by atoms with Crippen LogP contribution in [0.1, 0.15) is 47.7 Å². The Kier molecular flexibility index (Phi) is 8.55. The maximum absolute atomic E-state index is 13.7. The predicted molar refractivity (Wildman–Crippen MR) is 170 cm³/mol. The number of ether oxygens (including phenoxy) is 2. The van der Waals surface area contributed by atoms with Gasteiger partial charge in [-0.2, -0.15) is 0 Å². The molecular formula is C34H32N2O7S. The topological polar surface area (TPSA) is 126 Å². The summed E-state index contributed by atoms with van der Waals surface area (Å²) in [7, 11) is 0. The van der Waals surface area contributed by atoms with Gasteiger partial charge in [0.25, 0.3) is 11.8 Å². The number of thiazole rings is 1. The van der Waals surface area contributed by atoms with Crippen LogP contribution in [-0.4, -0.2) is 45.6 Å². The van der Waals surface area contributed by atoms with E-state index in [9.17, 15) is 14.7 Å². The van der Waals surface area contributed by atoms with Crippen LogP contribution in [0.15, 0.2) is 72.8 Å². The highest BCUT2D eigenvalue weighted by atomic mass is 32.1. The molecule has 1 amide bonds. The van der Waals surface area contributed by atoms with Gasteiger partial charge in [-0.25, -0.2) is 4.98 Å². The maximum Gasteiger partial charge on any atom is 0.301 e. The molecule has 3 heterocycles. The molecule has 2 aliphatic rings. The van der Waals surface area contributed by atoms with Gasteiger partial charge in [-0.3, -0.25) is 19.3 Å². The summed E-state index contributed by atoms with van der Waals surface area (Å²) in [4.78, 5) is 42.5. The van der Waals surface area contributed by atoms with Crippen LogP contribution in [0.4, 0.5) is 5.13 Å². The Morgan fingerprint density at radius 3 is 2.64 bits per heavy atom. The van der Waals surface area contributed by atoms with Crippen LogP contribution in [-0.2, 0) is 20.8 Å². The third-order valence-corrected chi connectivity index (χ3v) is 8.18. The van der Waals surface area contributed by atoms with Gasteiger partial charge < -0.3 is 19.7 Å². The molecule has 0 aliphatic carbocycles. The predicted octanol–water partition coefficient (Wildman–Crippen LogP) is 6.52. The molecule has 10 heteroatoms. The number of benzene rings is 3. The van der Waals surface area contributed by atoms with E-state index in [-0.39, 0.29) is 17.4 Å². The molecule has 1 fully saturated rings. The number of rotatable bonds is 6. The zero-order valence-electron chi connectivity index (χ0n) is 24.8. The van der Waals surface area contributed by atoms with E-state index in [4.69, 9.17) is 24.4 Å². The van der Waals surface area contributed by atoms with E-state index < -0.39 is 23.7 Å². The second-order valence-electron chi connectivity index (χ2n) is 10.7. The van der Waals surface area contributed by atoms with Gasteiger partial charge in [0, 0.05) is 18.9 Å². The summed E-state index contributed by atoms with van der Waals surface area (Å²) in [6.07, 6.45) is 2.37. The molecule has 44 heavy (non-hydrogen) atoms. The van der Waals surface area contributed by atoms with E-state index >= 15 is 0 Å². The zero-order valence-corrected chi connectivity index (χ0v) is 25.6. The molecule has 3 aromatic carbocycles. The number of Topliss-reactive ketones (excluding diaryl/α,β-unsaturated/α-hetero) is 1. The number of amides is 1. The highest BCUT2D eigenvalue weighted by Crippen LogP contribution is 2.45. The summed E-state index contributed by atoms with van der Waals surface area (Å²) in [5.74, 6) is -1.26. The number of ketones is 1. The fourth-order valence-corrected chi connectivity index (χ4v) is 6.63. The second-order valence-corrected chi connectivity index (χ2v) is 11.7. The minimum absolute atomic E-state index is 0.00458. The molecule has 2 atom stereocenters. The molecule has 2 unspecified atom stereocenters. The van der Waals surface area contributed by atoms with Crippen molar-refractivity contribution in [2.75, 3.05) is 11.5 Å². The summed E-state index contributed by atoms with van der Waals surface area (Å²) in [6, 6.07) is 15.7. The Morgan fingerprint density at radius 1 is 1.16 bits per heavy atom. The molecule has 0 saturated carbocycles. The number of hydrogen-bond donors (Lipinski definition) is 2. The van der Waals surface area contributed by atoms with Crippen molar-refractivity contribution in [3.05, 3.63) is 101 Å². The summed E-state index contributed by atoms with van der Waals surface area (Å²) >= 11 is 1.35. The minimum atomic E-state index is -0.905. The van der Waals surface area contributed by atoms with Crippen molar-refractivity contribution in [2.24, 2.45) is 0 Å². The summed E-state index contributed by atoms with van der Waals surface area (Å²) in [5.41, 5.74) is 4.87. The number of aryl methyl sites for hydroxylation is 2. The molecule has 1 aromatic heterocycles. The molecule has 0 spiro atoms. The van der Waals surface area contributed by atoms with Crippen molar-refractivity contribution < 1.29 is 34.1 Å². The molecule has 4 aromatic rings. The van der Waals surface area contributed by atoms with Gasteiger partial charge in [0.05, 0.1) is 21.8 Å². The molecule has 0 radical (unpaired) electrons. The van der Waals surface area contributed by atoms with E-state index in [0.29, 0.717) is 35.0 Å². The van der Waals surface area contributed by atoms with Crippen molar-refractivity contribution in [1.82, 2.24) is 4.98 Å². The maximum atomic E-state index is 13.7. The van der Waals surface area contributed by atoms with Gasteiger partial charge in [0.15, 0.2) is 5.13 Å². The molecule has 6 rings (SSSR count). The van der Waals surface area contributed by atoms with Gasteiger partial charge in [0.2, 0.25) is 0 Å². The number of aliphatic hydroxyl groups excluding tert-OH is 1. The molecule has 1 saturated heterocycles. The van der Waals surface area contributed by atoms with Crippen LogP contribution in [0.5, 0.6) is 11.5 Å². The number of carboxylic acids is 1. The van der Waals surface area contributed by atoms with Gasteiger partial charge in [0.1, 0.15) is 30.0 Å². The van der Waals surface area contributed by atoms with Gasteiger partial charge >= 0.3 is 5.91 Å². The Morgan fingerprint density at radius 2 is 1.91 bits per heavy atom. The van der Waals surface area contributed by atoms with Gasteiger partial charge in [-0.15, -0.1) is 0 Å². The Bertz CT molecular complexity index is 1840. The van der Waals surface area contributed by atoms with Crippen molar-refractivity contribution >= 4 is 50.1 Å². The normalized spacial score (nSPS) is 18.4. The van der Waals surface area contributed by atoms with Crippen LogP contribution >= 0.6 is 11.3 Å². The number of nitrogens with zero attached hydrogens (tertiary/aromatic N) is 2. The number of carbonyl (C=O) groups is 3. The van der Waals surface area contributed by atoms with E-state index in [2.05, 4.69) is 6.58 Å². The van der Waals surface area contributed by atoms with Crippen molar-refractivity contribution in [1.29, 1.82) is 0 Å². The number of fused-ring (bicyclic) bond motifs is 2. The van der Waals surface area contributed by atoms with E-state index in [1.807, 2.05) is 45.0 Å². The quantitative estimate of drug-likeness (QED) is 0.109.